The van der Waals surface area contributed by atoms with Gasteiger partial charge >= 0.3 is 0 Å². The first-order valence-corrected chi connectivity index (χ1v) is 12.4. The van der Waals surface area contributed by atoms with Crippen molar-refractivity contribution in [1.82, 2.24) is 9.97 Å². The molecular weight excluding hydrogens is 426 g/mol. The van der Waals surface area contributed by atoms with Gasteiger partial charge in [0, 0.05) is 25.2 Å². The van der Waals surface area contributed by atoms with Crippen LogP contribution in [-0.4, -0.2) is 9.97 Å². The van der Waals surface area contributed by atoms with Gasteiger partial charge in [-0.3, -0.25) is 9.97 Å². The molecule has 3 nitrogen and oxygen atoms in total. The van der Waals surface area contributed by atoms with E-state index in [9.17, 15) is 0 Å². The molecule has 2 aromatic heterocycles. The molecule has 0 N–H and O–H groups in total. The van der Waals surface area contributed by atoms with Crippen molar-refractivity contribution < 1.29 is 0 Å². The van der Waals surface area contributed by atoms with Crippen molar-refractivity contribution in [2.24, 2.45) is 0 Å². The minimum Gasteiger partial charge on any atom is -0.306 e. The van der Waals surface area contributed by atoms with Gasteiger partial charge in [0.1, 0.15) is 0 Å². The lowest BCUT2D eigenvalue weighted by Gasteiger charge is -2.38. The van der Waals surface area contributed by atoms with E-state index in [1.54, 1.807) is 0 Å². The summed E-state index contributed by atoms with van der Waals surface area (Å²) in [4.78, 5) is 12.0. The molecule has 0 spiro atoms. The zero-order valence-electron chi connectivity index (χ0n) is 19.2. The number of aromatic nitrogens is 2. The predicted octanol–water partition coefficient (Wildman–Crippen LogP) is 6.90. The van der Waals surface area contributed by atoms with Crippen LogP contribution in [0.25, 0.3) is 22.3 Å². The summed E-state index contributed by atoms with van der Waals surface area (Å²) >= 11 is 0. The average Bonchev–Trinajstić information content (AvgIpc) is 3.44. The lowest BCUT2D eigenvalue weighted by Crippen LogP contribution is -2.26. The van der Waals surface area contributed by atoms with Gasteiger partial charge in [0.05, 0.1) is 28.5 Å². The largest absolute Gasteiger partial charge is 0.306 e. The fourth-order valence-electron chi connectivity index (χ4n) is 6.94. The summed E-state index contributed by atoms with van der Waals surface area (Å²) in [7, 11) is 0. The van der Waals surface area contributed by atoms with E-state index >= 15 is 0 Å². The van der Waals surface area contributed by atoms with Crippen LogP contribution in [0.4, 0.5) is 17.1 Å². The standard InChI is InChI=1S/C32H21N3/c1-2-5-22-18(4-1)12-20-13-21-14-26-23(25(21)16-24(20)22)7-8-30-27(26)17-29-32-19(9-11-34-29)15-28-31(35(30)32)6-3-10-33-28/h1-11,13,16H,12,14-15,17H2. The van der Waals surface area contributed by atoms with Crippen molar-refractivity contribution in [3.05, 3.63) is 124 Å². The normalized spacial score (nSPS) is 14.9. The van der Waals surface area contributed by atoms with Gasteiger partial charge in [0.2, 0.25) is 0 Å². The molecule has 0 unspecified atom stereocenters. The smallest absolute Gasteiger partial charge is 0.0717 e. The molecule has 2 aliphatic heterocycles. The molecule has 0 fully saturated rings. The van der Waals surface area contributed by atoms with Crippen LogP contribution in [0.5, 0.6) is 0 Å². The van der Waals surface area contributed by atoms with Crippen LogP contribution in [-0.2, 0) is 25.7 Å². The van der Waals surface area contributed by atoms with Crippen molar-refractivity contribution in [2.45, 2.75) is 25.7 Å². The Hall–Kier alpha value is -4.24. The van der Waals surface area contributed by atoms with E-state index in [-0.39, 0.29) is 0 Å². The quantitative estimate of drug-likeness (QED) is 0.253. The molecule has 0 radical (unpaired) electrons. The number of nitrogens with zero attached hydrogens (tertiary/aromatic N) is 3. The van der Waals surface area contributed by atoms with Crippen LogP contribution in [0.1, 0.15) is 44.8 Å². The highest BCUT2D eigenvalue weighted by molar-refractivity contribution is 5.93. The maximum Gasteiger partial charge on any atom is 0.0717 e. The van der Waals surface area contributed by atoms with Crippen LogP contribution in [0, 0.1) is 0 Å². The summed E-state index contributed by atoms with van der Waals surface area (Å²) in [5.41, 5.74) is 20.3. The highest BCUT2D eigenvalue weighted by atomic mass is 15.2. The van der Waals surface area contributed by atoms with E-state index in [1.165, 1.54) is 78.4 Å². The van der Waals surface area contributed by atoms with Crippen LogP contribution in [0.15, 0.2) is 79.1 Å². The second kappa shape index (κ2) is 6.25. The van der Waals surface area contributed by atoms with E-state index in [0.29, 0.717) is 0 Å². The van der Waals surface area contributed by atoms with Crippen molar-refractivity contribution in [3.63, 3.8) is 0 Å². The summed E-state index contributed by atoms with van der Waals surface area (Å²) < 4.78 is 0. The topological polar surface area (TPSA) is 29.0 Å². The first-order valence-electron chi connectivity index (χ1n) is 12.4. The van der Waals surface area contributed by atoms with Crippen molar-refractivity contribution in [2.75, 3.05) is 4.90 Å². The molecule has 35 heavy (non-hydrogen) atoms. The second-order valence-electron chi connectivity index (χ2n) is 10.2. The zero-order chi connectivity index (χ0) is 22.7. The number of rotatable bonds is 0. The molecule has 5 aromatic rings. The van der Waals surface area contributed by atoms with Crippen LogP contribution >= 0.6 is 0 Å². The van der Waals surface area contributed by atoms with Gasteiger partial charge in [0.15, 0.2) is 0 Å². The third-order valence-electron chi connectivity index (χ3n) is 8.44. The maximum absolute atomic E-state index is 4.87. The minimum atomic E-state index is 0.871. The Balaban J connectivity index is 1.26. The number of fused-ring (bicyclic) bond motifs is 11. The Morgan fingerprint density at radius 1 is 0.514 bits per heavy atom. The average molecular weight is 448 g/mol. The van der Waals surface area contributed by atoms with Gasteiger partial charge in [-0.2, -0.15) is 0 Å². The fourth-order valence-corrected chi connectivity index (χ4v) is 6.94. The van der Waals surface area contributed by atoms with Gasteiger partial charge in [-0.1, -0.05) is 36.4 Å². The number of hydrogen-bond donors (Lipinski definition) is 0. The molecule has 0 bridgehead atoms. The summed E-state index contributed by atoms with van der Waals surface area (Å²) in [6.07, 6.45) is 7.70. The molecule has 3 heteroatoms. The molecular formula is C32H21N3. The number of hydrogen-bond acceptors (Lipinski definition) is 3. The molecule has 0 amide bonds. The molecule has 2 aliphatic carbocycles. The van der Waals surface area contributed by atoms with Gasteiger partial charge in [-0.05, 0) is 98.8 Å². The fraction of sp³-hybridized carbons (Fsp3) is 0.125. The summed E-state index contributed by atoms with van der Waals surface area (Å²) in [6.45, 7) is 0. The van der Waals surface area contributed by atoms with Crippen LogP contribution in [0.2, 0.25) is 0 Å². The van der Waals surface area contributed by atoms with Crippen molar-refractivity contribution >= 4 is 17.1 Å². The zero-order valence-corrected chi connectivity index (χ0v) is 19.2. The molecule has 4 aliphatic rings. The third-order valence-corrected chi connectivity index (χ3v) is 8.44. The Labute approximate surface area is 203 Å². The first-order chi connectivity index (χ1) is 17.3. The first kappa shape index (κ1) is 18.1. The number of pyridine rings is 2. The minimum absolute atomic E-state index is 0.871. The molecule has 0 saturated heterocycles. The Morgan fingerprint density at radius 2 is 1.40 bits per heavy atom. The van der Waals surface area contributed by atoms with Crippen molar-refractivity contribution in [3.8, 4) is 22.3 Å². The SMILES string of the molecule is c1ccc2c(c1)Cc1cc3c(cc1-2)-c1ccc2c(c1C3)Cc1nccc3c1N2c1cccnc1C3. The van der Waals surface area contributed by atoms with E-state index in [2.05, 4.69) is 71.6 Å². The van der Waals surface area contributed by atoms with Gasteiger partial charge in [0.25, 0.3) is 0 Å². The van der Waals surface area contributed by atoms with E-state index in [1.807, 2.05) is 12.4 Å². The lowest BCUT2D eigenvalue weighted by molar-refractivity contribution is 0.928. The monoisotopic (exact) mass is 447 g/mol. The summed E-state index contributed by atoms with van der Waals surface area (Å²) in [6, 6.07) is 24.9. The highest BCUT2D eigenvalue weighted by Crippen LogP contribution is 2.53. The van der Waals surface area contributed by atoms with Gasteiger partial charge < -0.3 is 4.90 Å². The Morgan fingerprint density at radius 3 is 2.40 bits per heavy atom. The highest BCUT2D eigenvalue weighted by Gasteiger charge is 2.36. The Kier molecular flexibility index (Phi) is 3.24. The Bertz CT molecular complexity index is 1760. The molecule has 3 aromatic carbocycles. The van der Waals surface area contributed by atoms with Crippen LogP contribution in [0.3, 0.4) is 0 Å². The summed E-state index contributed by atoms with van der Waals surface area (Å²) in [5.74, 6) is 0. The van der Waals surface area contributed by atoms with E-state index in [4.69, 9.17) is 9.97 Å². The molecule has 0 atom stereocenters. The van der Waals surface area contributed by atoms with E-state index in [0.717, 1.165) is 31.4 Å². The van der Waals surface area contributed by atoms with Crippen LogP contribution < -0.4 is 4.90 Å². The molecule has 0 saturated carbocycles. The third kappa shape index (κ3) is 2.26. The molecule has 4 heterocycles. The van der Waals surface area contributed by atoms with Gasteiger partial charge in [-0.15, -0.1) is 0 Å². The predicted molar refractivity (Wildman–Crippen MR) is 139 cm³/mol. The van der Waals surface area contributed by atoms with Crippen molar-refractivity contribution in [1.29, 1.82) is 0 Å². The second-order valence-corrected chi connectivity index (χ2v) is 10.2. The summed E-state index contributed by atoms with van der Waals surface area (Å²) in [5, 5.41) is 0. The number of benzene rings is 3. The van der Waals surface area contributed by atoms with E-state index < -0.39 is 0 Å². The maximum atomic E-state index is 4.87. The lowest BCUT2D eigenvalue weighted by atomic mass is 9.87. The molecule has 164 valence electrons. The molecule has 9 rings (SSSR count). The van der Waals surface area contributed by atoms with Gasteiger partial charge in [-0.25, -0.2) is 0 Å². The number of anilines is 3.